The van der Waals surface area contributed by atoms with E-state index in [2.05, 4.69) is 4.90 Å². The van der Waals surface area contributed by atoms with Gasteiger partial charge in [-0.25, -0.2) is 0 Å². The van der Waals surface area contributed by atoms with Crippen molar-refractivity contribution >= 4 is 5.91 Å². The van der Waals surface area contributed by atoms with Crippen molar-refractivity contribution in [2.75, 3.05) is 26.7 Å². The molecule has 2 aliphatic rings. The summed E-state index contributed by atoms with van der Waals surface area (Å²) in [6, 6.07) is 0.682. The Hall–Kier alpha value is -0.610. The Morgan fingerprint density at radius 1 is 1.31 bits per heavy atom. The summed E-state index contributed by atoms with van der Waals surface area (Å²) in [5.41, 5.74) is 5.66. The molecule has 2 N–H and O–H groups in total. The molecule has 2 rings (SSSR count). The lowest BCUT2D eigenvalue weighted by molar-refractivity contribution is -0.132. The highest BCUT2D eigenvalue weighted by Gasteiger charge is 2.37. The van der Waals surface area contributed by atoms with Gasteiger partial charge in [0.25, 0.3) is 0 Å². The van der Waals surface area contributed by atoms with Gasteiger partial charge < -0.3 is 10.6 Å². The number of rotatable bonds is 3. The van der Waals surface area contributed by atoms with Crippen LogP contribution in [0.1, 0.15) is 32.1 Å². The normalized spacial score (nSPS) is 32.4. The molecule has 0 spiro atoms. The number of nitrogens with two attached hydrogens (primary N) is 1. The molecule has 0 aromatic carbocycles. The molecule has 2 aliphatic heterocycles. The first-order chi connectivity index (χ1) is 7.74. The zero-order valence-corrected chi connectivity index (χ0v) is 10.2. The number of carbonyl (C=O) groups excluding carboxylic acids is 1. The Kier molecular flexibility index (Phi) is 3.82. The van der Waals surface area contributed by atoms with E-state index in [9.17, 15) is 4.79 Å². The summed E-state index contributed by atoms with van der Waals surface area (Å²) in [7, 11) is 1.91. The zero-order chi connectivity index (χ0) is 11.5. The van der Waals surface area contributed by atoms with Gasteiger partial charge in [0.15, 0.2) is 0 Å². The second-order valence-electron chi connectivity index (χ2n) is 5.03. The Morgan fingerprint density at radius 3 is 2.75 bits per heavy atom. The van der Waals surface area contributed by atoms with Gasteiger partial charge in [-0.05, 0) is 38.8 Å². The number of likely N-dealkylation sites (N-methyl/N-ethyl adjacent to an activating group) is 1. The molecule has 2 unspecified atom stereocenters. The number of nitrogens with zero attached hydrogens (tertiary/aromatic N) is 2. The topological polar surface area (TPSA) is 49.6 Å². The van der Waals surface area contributed by atoms with Crippen LogP contribution in [0.3, 0.4) is 0 Å². The van der Waals surface area contributed by atoms with Crippen molar-refractivity contribution in [1.29, 1.82) is 0 Å². The maximum Gasteiger partial charge on any atom is 0.239 e. The van der Waals surface area contributed by atoms with Crippen LogP contribution in [0.25, 0.3) is 0 Å². The van der Waals surface area contributed by atoms with Gasteiger partial charge in [-0.2, -0.15) is 0 Å². The van der Waals surface area contributed by atoms with E-state index in [-0.39, 0.29) is 6.04 Å². The van der Waals surface area contributed by atoms with E-state index in [1.807, 2.05) is 11.9 Å². The molecule has 1 amide bonds. The summed E-state index contributed by atoms with van der Waals surface area (Å²) in [6.07, 6.45) is 5.76. The van der Waals surface area contributed by atoms with Gasteiger partial charge in [-0.1, -0.05) is 6.42 Å². The third-order valence-corrected chi connectivity index (χ3v) is 3.97. The summed E-state index contributed by atoms with van der Waals surface area (Å²) in [5, 5.41) is 0. The monoisotopic (exact) mass is 225 g/mol. The number of amides is 1. The molecule has 0 aromatic heterocycles. The van der Waals surface area contributed by atoms with E-state index in [0.717, 1.165) is 32.5 Å². The number of hydrogen-bond donors (Lipinski definition) is 1. The first kappa shape index (κ1) is 11.9. The Labute approximate surface area is 97.8 Å². The van der Waals surface area contributed by atoms with Crippen molar-refractivity contribution in [2.24, 2.45) is 5.73 Å². The summed E-state index contributed by atoms with van der Waals surface area (Å²) >= 11 is 0. The molecule has 2 fully saturated rings. The van der Waals surface area contributed by atoms with Crippen molar-refractivity contribution in [1.82, 2.24) is 9.80 Å². The average molecular weight is 225 g/mol. The van der Waals surface area contributed by atoms with Crippen LogP contribution in [0.2, 0.25) is 0 Å². The molecule has 0 saturated carbocycles. The van der Waals surface area contributed by atoms with Crippen LogP contribution >= 0.6 is 0 Å². The second kappa shape index (κ2) is 5.15. The molecule has 16 heavy (non-hydrogen) atoms. The maximum absolute atomic E-state index is 12.0. The first-order valence-electron chi connectivity index (χ1n) is 6.45. The van der Waals surface area contributed by atoms with Gasteiger partial charge in [-0.15, -0.1) is 0 Å². The summed E-state index contributed by atoms with van der Waals surface area (Å²) in [4.78, 5) is 16.3. The van der Waals surface area contributed by atoms with Crippen LogP contribution in [0.5, 0.6) is 0 Å². The minimum atomic E-state index is 0.141. The third-order valence-electron chi connectivity index (χ3n) is 3.97. The summed E-state index contributed by atoms with van der Waals surface area (Å²) in [6.45, 7) is 2.72. The molecule has 2 atom stereocenters. The fourth-order valence-corrected chi connectivity index (χ4v) is 3.05. The molecule has 2 saturated heterocycles. The fourth-order valence-electron chi connectivity index (χ4n) is 3.05. The van der Waals surface area contributed by atoms with E-state index in [0.29, 0.717) is 11.9 Å². The van der Waals surface area contributed by atoms with Crippen LogP contribution in [0.4, 0.5) is 0 Å². The van der Waals surface area contributed by atoms with Gasteiger partial charge in [0.1, 0.15) is 0 Å². The zero-order valence-electron chi connectivity index (χ0n) is 10.2. The minimum absolute atomic E-state index is 0.141. The average Bonchev–Trinajstić information content (AvgIpc) is 2.61. The first-order valence-corrected chi connectivity index (χ1v) is 6.45. The van der Waals surface area contributed by atoms with Crippen molar-refractivity contribution in [3.63, 3.8) is 0 Å². The lowest BCUT2D eigenvalue weighted by atomic mass is 9.96. The SMILES string of the molecule is CN1CCC(N2CCCCC2CCN)C1=O. The highest BCUT2D eigenvalue weighted by molar-refractivity contribution is 5.83. The molecule has 4 nitrogen and oxygen atoms in total. The molecule has 4 heteroatoms. The lowest BCUT2D eigenvalue weighted by Crippen LogP contribution is -2.50. The van der Waals surface area contributed by atoms with E-state index >= 15 is 0 Å². The summed E-state index contributed by atoms with van der Waals surface area (Å²) < 4.78 is 0. The van der Waals surface area contributed by atoms with E-state index < -0.39 is 0 Å². The Morgan fingerprint density at radius 2 is 2.12 bits per heavy atom. The van der Waals surface area contributed by atoms with Crippen LogP contribution in [0, 0.1) is 0 Å². The van der Waals surface area contributed by atoms with Gasteiger partial charge in [0.05, 0.1) is 6.04 Å². The molecule has 0 radical (unpaired) electrons. The Bertz CT molecular complexity index is 255. The number of carbonyl (C=O) groups is 1. The van der Waals surface area contributed by atoms with Crippen LogP contribution in [0.15, 0.2) is 0 Å². The van der Waals surface area contributed by atoms with Crippen molar-refractivity contribution in [2.45, 2.75) is 44.2 Å². The van der Waals surface area contributed by atoms with Gasteiger partial charge in [0.2, 0.25) is 5.91 Å². The smallest absolute Gasteiger partial charge is 0.239 e. The minimum Gasteiger partial charge on any atom is -0.344 e. The van der Waals surface area contributed by atoms with Crippen LogP contribution in [-0.4, -0.2) is 54.5 Å². The highest BCUT2D eigenvalue weighted by atomic mass is 16.2. The fraction of sp³-hybridized carbons (Fsp3) is 0.917. The van der Waals surface area contributed by atoms with Crippen molar-refractivity contribution < 1.29 is 4.79 Å². The maximum atomic E-state index is 12.0. The molecule has 0 bridgehead atoms. The molecule has 0 aliphatic carbocycles. The van der Waals surface area contributed by atoms with Crippen LogP contribution in [-0.2, 0) is 4.79 Å². The molecule has 2 heterocycles. The Balaban J connectivity index is 2.02. The number of hydrogen-bond acceptors (Lipinski definition) is 3. The van der Waals surface area contributed by atoms with Crippen molar-refractivity contribution in [3.05, 3.63) is 0 Å². The lowest BCUT2D eigenvalue weighted by Gasteiger charge is -2.38. The van der Waals surface area contributed by atoms with Gasteiger partial charge >= 0.3 is 0 Å². The highest BCUT2D eigenvalue weighted by Crippen LogP contribution is 2.26. The van der Waals surface area contributed by atoms with E-state index in [1.165, 1.54) is 19.3 Å². The predicted octanol–water partition coefficient (Wildman–Crippen LogP) is 0.420. The molecule has 92 valence electrons. The molecule has 0 aromatic rings. The summed E-state index contributed by atoms with van der Waals surface area (Å²) in [5.74, 6) is 0.309. The largest absolute Gasteiger partial charge is 0.344 e. The van der Waals surface area contributed by atoms with Crippen molar-refractivity contribution in [3.8, 4) is 0 Å². The number of piperidine rings is 1. The van der Waals surface area contributed by atoms with Gasteiger partial charge in [-0.3, -0.25) is 9.69 Å². The standard InChI is InChI=1S/C12H23N3O/c1-14-9-6-11(12(14)16)15-8-3-2-4-10(15)5-7-13/h10-11H,2-9,13H2,1H3. The number of likely N-dealkylation sites (tertiary alicyclic amines) is 2. The van der Waals surface area contributed by atoms with Gasteiger partial charge in [0, 0.05) is 19.6 Å². The van der Waals surface area contributed by atoms with E-state index in [4.69, 9.17) is 5.73 Å². The predicted molar refractivity (Wildman–Crippen MR) is 64.1 cm³/mol. The quantitative estimate of drug-likeness (QED) is 0.757. The molecular weight excluding hydrogens is 202 g/mol. The molecular formula is C12H23N3O. The third kappa shape index (κ3) is 2.23. The second-order valence-corrected chi connectivity index (χ2v) is 5.03. The van der Waals surface area contributed by atoms with Crippen LogP contribution < -0.4 is 5.73 Å². The van der Waals surface area contributed by atoms with E-state index in [1.54, 1.807) is 0 Å².